The molecule has 0 aliphatic carbocycles. The van der Waals surface area contributed by atoms with E-state index in [9.17, 15) is 4.79 Å². The molecule has 2 atom stereocenters. The second kappa shape index (κ2) is 4.07. The van der Waals surface area contributed by atoms with E-state index in [-0.39, 0.29) is 12.0 Å². The standard InChI is InChI=1S/C9H18N2O2/c1-10(2)8-4-5-11(3)6-7(8)9(12)13/h7-8H,4-6H2,1-3H3,(H,12,13). The first-order valence-electron chi connectivity index (χ1n) is 4.60. The van der Waals surface area contributed by atoms with Gasteiger partial charge < -0.3 is 14.9 Å². The topological polar surface area (TPSA) is 43.8 Å². The lowest BCUT2D eigenvalue weighted by Gasteiger charge is -2.37. The van der Waals surface area contributed by atoms with Gasteiger partial charge in [0.25, 0.3) is 0 Å². The van der Waals surface area contributed by atoms with E-state index in [0.717, 1.165) is 13.0 Å². The highest BCUT2D eigenvalue weighted by molar-refractivity contribution is 5.71. The number of aliphatic carboxylic acids is 1. The second-order valence-electron chi connectivity index (χ2n) is 4.03. The maximum atomic E-state index is 11.0. The van der Waals surface area contributed by atoms with Gasteiger partial charge in [-0.3, -0.25) is 4.79 Å². The molecule has 1 fully saturated rings. The Kier molecular flexibility index (Phi) is 3.27. The lowest BCUT2D eigenvalue weighted by Crippen LogP contribution is -2.50. The molecule has 1 rings (SSSR count). The molecule has 4 nitrogen and oxygen atoms in total. The predicted molar refractivity (Wildman–Crippen MR) is 50.7 cm³/mol. The molecule has 0 amide bonds. The Labute approximate surface area is 79.1 Å². The van der Waals surface area contributed by atoms with Gasteiger partial charge in [0.2, 0.25) is 0 Å². The first-order chi connectivity index (χ1) is 6.02. The molecule has 0 bridgehead atoms. The summed E-state index contributed by atoms with van der Waals surface area (Å²) in [7, 11) is 5.87. The molecule has 0 saturated carbocycles. The van der Waals surface area contributed by atoms with E-state index in [0.29, 0.717) is 6.54 Å². The fourth-order valence-electron chi connectivity index (χ4n) is 1.96. The van der Waals surface area contributed by atoms with E-state index in [4.69, 9.17) is 5.11 Å². The van der Waals surface area contributed by atoms with Crippen LogP contribution < -0.4 is 0 Å². The van der Waals surface area contributed by atoms with Crippen LogP contribution >= 0.6 is 0 Å². The molecular formula is C9H18N2O2. The minimum atomic E-state index is -0.676. The lowest BCUT2D eigenvalue weighted by molar-refractivity contribution is -0.146. The summed E-state index contributed by atoms with van der Waals surface area (Å²) in [5.74, 6) is -0.918. The molecule has 1 aliphatic rings. The Morgan fingerprint density at radius 1 is 1.54 bits per heavy atom. The third-order valence-electron chi connectivity index (χ3n) is 2.76. The van der Waals surface area contributed by atoms with Crippen molar-refractivity contribution in [2.24, 2.45) is 5.92 Å². The average Bonchev–Trinajstić information content (AvgIpc) is 2.03. The van der Waals surface area contributed by atoms with Gasteiger partial charge in [0.1, 0.15) is 0 Å². The highest BCUT2D eigenvalue weighted by atomic mass is 16.4. The van der Waals surface area contributed by atoms with Crippen LogP contribution in [0.5, 0.6) is 0 Å². The summed E-state index contributed by atoms with van der Waals surface area (Å²) in [5.41, 5.74) is 0. The minimum Gasteiger partial charge on any atom is -0.481 e. The Bertz CT molecular complexity index is 194. The Morgan fingerprint density at radius 2 is 2.15 bits per heavy atom. The van der Waals surface area contributed by atoms with Gasteiger partial charge in [0.05, 0.1) is 5.92 Å². The molecule has 1 N–H and O–H groups in total. The molecule has 1 heterocycles. The number of rotatable bonds is 2. The summed E-state index contributed by atoms with van der Waals surface area (Å²) in [6.45, 7) is 1.66. The Morgan fingerprint density at radius 3 is 2.62 bits per heavy atom. The molecule has 0 aromatic rings. The van der Waals surface area contributed by atoms with Gasteiger partial charge >= 0.3 is 5.97 Å². The molecule has 4 heteroatoms. The zero-order chi connectivity index (χ0) is 10.0. The fraction of sp³-hybridized carbons (Fsp3) is 0.889. The van der Waals surface area contributed by atoms with E-state index in [2.05, 4.69) is 4.90 Å². The van der Waals surface area contributed by atoms with Crippen molar-refractivity contribution < 1.29 is 9.90 Å². The van der Waals surface area contributed by atoms with Gasteiger partial charge in [-0.25, -0.2) is 0 Å². The van der Waals surface area contributed by atoms with E-state index in [1.165, 1.54) is 0 Å². The molecule has 0 aromatic heterocycles. The van der Waals surface area contributed by atoms with Gasteiger partial charge in [-0.2, -0.15) is 0 Å². The molecule has 0 aromatic carbocycles. The molecule has 0 spiro atoms. The maximum Gasteiger partial charge on any atom is 0.309 e. The summed E-state index contributed by atoms with van der Waals surface area (Å²) < 4.78 is 0. The Hall–Kier alpha value is -0.610. The normalized spacial score (nSPS) is 30.8. The predicted octanol–water partition coefficient (Wildman–Crippen LogP) is -0.0471. The van der Waals surface area contributed by atoms with Crippen LogP contribution in [0, 0.1) is 5.92 Å². The number of hydrogen-bond donors (Lipinski definition) is 1. The van der Waals surface area contributed by atoms with E-state index < -0.39 is 5.97 Å². The molecular weight excluding hydrogens is 168 g/mol. The van der Waals surface area contributed by atoms with Crippen molar-refractivity contribution in [3.8, 4) is 0 Å². The minimum absolute atomic E-state index is 0.189. The third-order valence-corrected chi connectivity index (χ3v) is 2.76. The van der Waals surface area contributed by atoms with Crippen molar-refractivity contribution in [2.45, 2.75) is 12.5 Å². The highest BCUT2D eigenvalue weighted by Crippen LogP contribution is 2.19. The zero-order valence-electron chi connectivity index (χ0n) is 8.53. The van der Waals surface area contributed by atoms with Crippen LogP contribution in [0.3, 0.4) is 0 Å². The highest BCUT2D eigenvalue weighted by Gasteiger charge is 2.34. The smallest absolute Gasteiger partial charge is 0.309 e. The first kappa shape index (κ1) is 10.5. The number of carbonyl (C=O) groups is 1. The van der Waals surface area contributed by atoms with Crippen molar-refractivity contribution in [1.82, 2.24) is 9.80 Å². The van der Waals surface area contributed by atoms with E-state index in [1.54, 1.807) is 0 Å². The quantitative estimate of drug-likeness (QED) is 0.657. The zero-order valence-corrected chi connectivity index (χ0v) is 8.53. The molecule has 13 heavy (non-hydrogen) atoms. The molecule has 2 unspecified atom stereocenters. The SMILES string of the molecule is CN1CCC(N(C)C)C(C(=O)O)C1. The largest absolute Gasteiger partial charge is 0.481 e. The van der Waals surface area contributed by atoms with Crippen LogP contribution in [0.2, 0.25) is 0 Å². The number of likely N-dealkylation sites (tertiary alicyclic amines) is 1. The van der Waals surface area contributed by atoms with Crippen molar-refractivity contribution in [3.63, 3.8) is 0 Å². The van der Waals surface area contributed by atoms with Crippen molar-refractivity contribution >= 4 is 5.97 Å². The van der Waals surface area contributed by atoms with Crippen LogP contribution in [0.25, 0.3) is 0 Å². The molecule has 1 saturated heterocycles. The monoisotopic (exact) mass is 186 g/mol. The Balaban J connectivity index is 2.66. The van der Waals surface area contributed by atoms with Crippen LogP contribution in [0.15, 0.2) is 0 Å². The first-order valence-corrected chi connectivity index (χ1v) is 4.60. The summed E-state index contributed by atoms with van der Waals surface area (Å²) in [6, 6.07) is 0.189. The number of carboxylic acids is 1. The van der Waals surface area contributed by atoms with E-state index in [1.807, 2.05) is 26.0 Å². The van der Waals surface area contributed by atoms with Crippen LogP contribution in [-0.2, 0) is 4.79 Å². The molecule has 76 valence electrons. The van der Waals surface area contributed by atoms with Gasteiger partial charge in [-0.05, 0) is 34.1 Å². The number of piperidine rings is 1. The van der Waals surface area contributed by atoms with Crippen molar-refractivity contribution in [3.05, 3.63) is 0 Å². The van der Waals surface area contributed by atoms with E-state index >= 15 is 0 Å². The summed E-state index contributed by atoms with van der Waals surface area (Å²) in [5, 5.41) is 9.02. The lowest BCUT2D eigenvalue weighted by atomic mass is 9.92. The van der Waals surface area contributed by atoms with Crippen molar-refractivity contribution in [1.29, 1.82) is 0 Å². The van der Waals surface area contributed by atoms with Gasteiger partial charge in [-0.1, -0.05) is 0 Å². The van der Waals surface area contributed by atoms with Crippen molar-refractivity contribution in [2.75, 3.05) is 34.2 Å². The van der Waals surface area contributed by atoms with Gasteiger partial charge in [0, 0.05) is 12.6 Å². The second-order valence-corrected chi connectivity index (χ2v) is 4.03. The summed E-state index contributed by atoms with van der Waals surface area (Å²) >= 11 is 0. The molecule has 1 aliphatic heterocycles. The number of carboxylic acid groups (broad SMARTS) is 1. The summed E-state index contributed by atoms with van der Waals surface area (Å²) in [6.07, 6.45) is 0.945. The number of hydrogen-bond acceptors (Lipinski definition) is 3. The van der Waals surface area contributed by atoms with Gasteiger partial charge in [-0.15, -0.1) is 0 Å². The number of nitrogens with zero attached hydrogens (tertiary/aromatic N) is 2. The van der Waals surface area contributed by atoms with Crippen LogP contribution in [0.4, 0.5) is 0 Å². The van der Waals surface area contributed by atoms with Gasteiger partial charge in [0.15, 0.2) is 0 Å². The molecule has 0 radical (unpaired) electrons. The van der Waals surface area contributed by atoms with Crippen LogP contribution in [0.1, 0.15) is 6.42 Å². The maximum absolute atomic E-state index is 11.0. The third kappa shape index (κ3) is 2.42. The average molecular weight is 186 g/mol. The summed E-state index contributed by atoms with van der Waals surface area (Å²) in [4.78, 5) is 15.1. The fourth-order valence-corrected chi connectivity index (χ4v) is 1.96. The van der Waals surface area contributed by atoms with Crippen LogP contribution in [-0.4, -0.2) is 61.2 Å².